The summed E-state index contributed by atoms with van der Waals surface area (Å²) < 4.78 is 1.87. The Morgan fingerprint density at radius 2 is 2.05 bits per heavy atom. The molecular formula is C15H28N6O. The number of hydrogen-bond acceptors (Lipinski definition) is 4. The molecule has 0 bridgehead atoms. The smallest absolute Gasteiger partial charge is 0.317 e. The fourth-order valence-corrected chi connectivity index (χ4v) is 2.70. The van der Waals surface area contributed by atoms with Crippen LogP contribution >= 0.6 is 0 Å². The van der Waals surface area contributed by atoms with E-state index in [0.29, 0.717) is 13.0 Å². The summed E-state index contributed by atoms with van der Waals surface area (Å²) in [4.78, 5) is 16.3. The third-order valence-corrected chi connectivity index (χ3v) is 4.23. The van der Waals surface area contributed by atoms with Gasteiger partial charge in [-0.2, -0.15) is 0 Å². The number of nitrogens with zero attached hydrogens (tertiary/aromatic N) is 5. The number of carbonyl (C=O) groups is 1. The van der Waals surface area contributed by atoms with Crippen LogP contribution in [0.25, 0.3) is 0 Å². The Labute approximate surface area is 132 Å². The maximum Gasteiger partial charge on any atom is 0.317 e. The Morgan fingerprint density at radius 1 is 1.32 bits per heavy atom. The fourth-order valence-electron chi connectivity index (χ4n) is 2.70. The molecule has 1 aliphatic rings. The third kappa shape index (κ3) is 5.29. The van der Waals surface area contributed by atoms with E-state index in [9.17, 15) is 4.79 Å². The van der Waals surface area contributed by atoms with E-state index >= 15 is 0 Å². The minimum absolute atomic E-state index is 0.0167. The molecular weight excluding hydrogens is 280 g/mol. The molecule has 0 saturated carbocycles. The summed E-state index contributed by atoms with van der Waals surface area (Å²) in [6, 6.07) is -0.0167. The van der Waals surface area contributed by atoms with Crippen molar-refractivity contribution >= 4 is 6.03 Å². The van der Waals surface area contributed by atoms with E-state index in [1.165, 1.54) is 38.8 Å². The number of likely N-dealkylation sites (tertiary alicyclic amines) is 1. The van der Waals surface area contributed by atoms with Crippen molar-refractivity contribution in [3.8, 4) is 0 Å². The van der Waals surface area contributed by atoms with Crippen molar-refractivity contribution in [3.63, 3.8) is 0 Å². The Balaban J connectivity index is 1.62. The van der Waals surface area contributed by atoms with Crippen LogP contribution in [-0.4, -0.2) is 70.4 Å². The van der Waals surface area contributed by atoms with Crippen molar-refractivity contribution < 1.29 is 4.79 Å². The van der Waals surface area contributed by atoms with E-state index < -0.39 is 0 Å². The summed E-state index contributed by atoms with van der Waals surface area (Å²) in [6.07, 6.45) is 7.62. The molecule has 1 aromatic heterocycles. The standard InChI is InChI=1S/C15H28N6O/c1-19(11-12-21-9-5-3-4-6-10-21)15(22)16-8-7-14-18-17-13-20(14)2/h13H,3-12H2,1-2H3,(H,16,22). The minimum atomic E-state index is -0.0167. The molecule has 2 heterocycles. The highest BCUT2D eigenvalue weighted by molar-refractivity contribution is 5.73. The van der Waals surface area contributed by atoms with Crippen LogP contribution in [0.4, 0.5) is 4.79 Å². The van der Waals surface area contributed by atoms with Crippen molar-refractivity contribution in [2.75, 3.05) is 39.8 Å². The number of urea groups is 1. The number of carbonyl (C=O) groups excluding carboxylic acids is 1. The van der Waals surface area contributed by atoms with Gasteiger partial charge in [0.05, 0.1) is 0 Å². The van der Waals surface area contributed by atoms with Gasteiger partial charge in [0.2, 0.25) is 0 Å². The third-order valence-electron chi connectivity index (χ3n) is 4.23. The summed E-state index contributed by atoms with van der Waals surface area (Å²) in [7, 11) is 3.76. The van der Waals surface area contributed by atoms with Crippen molar-refractivity contribution in [3.05, 3.63) is 12.2 Å². The Morgan fingerprint density at radius 3 is 2.68 bits per heavy atom. The molecule has 2 rings (SSSR count). The van der Waals surface area contributed by atoms with Crippen LogP contribution in [0.1, 0.15) is 31.5 Å². The number of nitrogens with one attached hydrogen (secondary N) is 1. The number of amides is 2. The monoisotopic (exact) mass is 308 g/mol. The lowest BCUT2D eigenvalue weighted by atomic mass is 10.2. The SMILES string of the molecule is CN(CCN1CCCCCC1)C(=O)NCCc1nncn1C. The first kappa shape index (κ1) is 16.7. The van der Waals surface area contributed by atoms with E-state index in [4.69, 9.17) is 0 Å². The second-order valence-electron chi connectivity index (χ2n) is 6.02. The molecule has 0 unspecified atom stereocenters. The predicted octanol–water partition coefficient (Wildman–Crippen LogP) is 0.875. The van der Waals surface area contributed by atoms with Gasteiger partial charge in [-0.3, -0.25) is 0 Å². The molecule has 0 aliphatic carbocycles. The highest BCUT2D eigenvalue weighted by Crippen LogP contribution is 2.09. The lowest BCUT2D eigenvalue weighted by Gasteiger charge is -2.24. The van der Waals surface area contributed by atoms with Gasteiger partial charge in [-0.1, -0.05) is 12.8 Å². The fraction of sp³-hybridized carbons (Fsp3) is 0.800. The molecule has 1 aromatic rings. The molecule has 0 atom stereocenters. The van der Waals surface area contributed by atoms with Crippen LogP contribution in [0, 0.1) is 0 Å². The Bertz CT molecular complexity index is 453. The maximum atomic E-state index is 12.1. The van der Waals surface area contributed by atoms with E-state index in [0.717, 1.165) is 18.9 Å². The molecule has 22 heavy (non-hydrogen) atoms. The molecule has 0 radical (unpaired) electrons. The Kier molecular flexibility index (Phi) is 6.64. The maximum absolute atomic E-state index is 12.1. The number of rotatable bonds is 6. The van der Waals surface area contributed by atoms with Gasteiger partial charge in [0, 0.05) is 40.2 Å². The van der Waals surface area contributed by atoms with Gasteiger partial charge >= 0.3 is 6.03 Å². The average molecular weight is 308 g/mol. The van der Waals surface area contributed by atoms with Crippen LogP contribution < -0.4 is 5.32 Å². The number of likely N-dealkylation sites (N-methyl/N-ethyl adjacent to an activating group) is 1. The first-order chi connectivity index (χ1) is 10.7. The lowest BCUT2D eigenvalue weighted by Crippen LogP contribution is -2.42. The topological polar surface area (TPSA) is 66.3 Å². The molecule has 0 spiro atoms. The first-order valence-corrected chi connectivity index (χ1v) is 8.21. The molecule has 1 saturated heterocycles. The van der Waals surface area contributed by atoms with Gasteiger partial charge in [0.1, 0.15) is 12.2 Å². The molecule has 1 N–H and O–H groups in total. The van der Waals surface area contributed by atoms with E-state index in [1.807, 2.05) is 18.7 Å². The van der Waals surface area contributed by atoms with Crippen molar-refractivity contribution in [2.45, 2.75) is 32.1 Å². The zero-order valence-electron chi connectivity index (χ0n) is 13.8. The molecule has 1 fully saturated rings. The van der Waals surface area contributed by atoms with Crippen LogP contribution in [0.15, 0.2) is 6.33 Å². The van der Waals surface area contributed by atoms with Crippen LogP contribution in [-0.2, 0) is 13.5 Å². The van der Waals surface area contributed by atoms with Crippen molar-refractivity contribution in [1.29, 1.82) is 0 Å². The van der Waals surface area contributed by atoms with Crippen LogP contribution in [0.5, 0.6) is 0 Å². The largest absolute Gasteiger partial charge is 0.338 e. The first-order valence-electron chi connectivity index (χ1n) is 8.21. The normalized spacial score (nSPS) is 16.3. The molecule has 2 amide bonds. The second kappa shape index (κ2) is 8.73. The zero-order valence-corrected chi connectivity index (χ0v) is 13.8. The summed E-state index contributed by atoms with van der Waals surface area (Å²) >= 11 is 0. The minimum Gasteiger partial charge on any atom is -0.338 e. The average Bonchev–Trinajstić information content (AvgIpc) is 2.77. The lowest BCUT2D eigenvalue weighted by molar-refractivity contribution is 0.195. The quantitative estimate of drug-likeness (QED) is 0.847. The van der Waals surface area contributed by atoms with Crippen LogP contribution in [0.2, 0.25) is 0 Å². The number of aromatic nitrogens is 3. The van der Waals surface area contributed by atoms with E-state index in [-0.39, 0.29) is 6.03 Å². The van der Waals surface area contributed by atoms with Crippen LogP contribution in [0.3, 0.4) is 0 Å². The molecule has 124 valence electrons. The van der Waals surface area contributed by atoms with Gasteiger partial charge < -0.3 is 19.7 Å². The Hall–Kier alpha value is -1.63. The zero-order chi connectivity index (χ0) is 15.8. The summed E-state index contributed by atoms with van der Waals surface area (Å²) in [5, 5.41) is 10.8. The van der Waals surface area contributed by atoms with Gasteiger partial charge in [0.25, 0.3) is 0 Å². The molecule has 7 nitrogen and oxygen atoms in total. The van der Waals surface area contributed by atoms with Gasteiger partial charge in [-0.05, 0) is 25.9 Å². The van der Waals surface area contributed by atoms with Crippen molar-refractivity contribution in [2.24, 2.45) is 7.05 Å². The second-order valence-corrected chi connectivity index (χ2v) is 6.02. The highest BCUT2D eigenvalue weighted by atomic mass is 16.2. The van der Waals surface area contributed by atoms with Crippen molar-refractivity contribution in [1.82, 2.24) is 29.9 Å². The van der Waals surface area contributed by atoms with E-state index in [2.05, 4.69) is 20.4 Å². The summed E-state index contributed by atoms with van der Waals surface area (Å²) in [5.41, 5.74) is 0. The highest BCUT2D eigenvalue weighted by Gasteiger charge is 2.12. The number of aryl methyl sites for hydroxylation is 1. The van der Waals surface area contributed by atoms with Gasteiger partial charge in [0.15, 0.2) is 0 Å². The molecule has 1 aliphatic heterocycles. The van der Waals surface area contributed by atoms with E-state index in [1.54, 1.807) is 11.2 Å². The van der Waals surface area contributed by atoms with Gasteiger partial charge in [-0.15, -0.1) is 10.2 Å². The van der Waals surface area contributed by atoms with Gasteiger partial charge in [-0.25, -0.2) is 4.79 Å². The predicted molar refractivity (Wildman–Crippen MR) is 85.6 cm³/mol. The summed E-state index contributed by atoms with van der Waals surface area (Å²) in [6.45, 7) is 4.66. The molecule has 0 aromatic carbocycles. The molecule has 7 heteroatoms. The summed E-state index contributed by atoms with van der Waals surface area (Å²) in [5.74, 6) is 0.882. The number of hydrogen-bond donors (Lipinski definition) is 1.